The first-order chi connectivity index (χ1) is 11.9. The van der Waals surface area contributed by atoms with Crippen molar-refractivity contribution >= 4 is 51.9 Å². The Hall–Kier alpha value is -2.26. The average Bonchev–Trinajstić information content (AvgIpc) is 2.83. The van der Waals surface area contributed by atoms with Gasteiger partial charge in [0.2, 0.25) is 0 Å². The Balaban J connectivity index is 2.04. The molecule has 1 heterocycles. The normalized spacial score (nSPS) is 15.7. The van der Waals surface area contributed by atoms with Gasteiger partial charge in [-0.25, -0.2) is 0 Å². The SMILES string of the molecule is CCCCOC(=O)CN1C(=O)/C(=C/c2ccc([N+](=O)[O-])cc2)SC1=S. The molecule has 1 aliphatic heterocycles. The van der Waals surface area contributed by atoms with Crippen molar-refractivity contribution in [2.45, 2.75) is 19.8 Å². The number of benzene rings is 1. The van der Waals surface area contributed by atoms with E-state index in [9.17, 15) is 19.7 Å². The second-order valence-corrected chi connectivity index (χ2v) is 6.87. The number of ether oxygens (including phenoxy) is 1. The number of carbonyl (C=O) groups is 2. The molecule has 0 radical (unpaired) electrons. The van der Waals surface area contributed by atoms with Crippen molar-refractivity contribution in [1.82, 2.24) is 4.90 Å². The second-order valence-electron chi connectivity index (χ2n) is 5.19. The third-order valence-electron chi connectivity index (χ3n) is 3.32. The second kappa shape index (κ2) is 8.72. The standard InChI is InChI=1S/C16H16N2O5S2/c1-2-3-8-23-14(19)10-17-15(20)13(25-16(17)24)9-11-4-6-12(7-5-11)18(21)22/h4-7,9H,2-3,8,10H2,1H3/b13-9-. The van der Waals surface area contributed by atoms with Crippen molar-refractivity contribution in [3.63, 3.8) is 0 Å². The number of hydrogen-bond acceptors (Lipinski definition) is 7. The van der Waals surface area contributed by atoms with Gasteiger partial charge in [0.1, 0.15) is 10.9 Å². The lowest BCUT2D eigenvalue weighted by Crippen LogP contribution is -2.34. The fourth-order valence-corrected chi connectivity index (χ4v) is 3.24. The first kappa shape index (κ1) is 19.1. The Labute approximate surface area is 154 Å². The van der Waals surface area contributed by atoms with Gasteiger partial charge in [0.25, 0.3) is 11.6 Å². The van der Waals surface area contributed by atoms with Crippen molar-refractivity contribution in [3.8, 4) is 0 Å². The zero-order chi connectivity index (χ0) is 18.4. The molecule has 7 nitrogen and oxygen atoms in total. The van der Waals surface area contributed by atoms with Gasteiger partial charge in [0.15, 0.2) is 0 Å². The van der Waals surface area contributed by atoms with E-state index in [1.165, 1.54) is 17.0 Å². The van der Waals surface area contributed by atoms with E-state index in [0.29, 0.717) is 17.1 Å². The Morgan fingerprint density at radius 3 is 2.68 bits per heavy atom. The summed E-state index contributed by atoms with van der Waals surface area (Å²) in [7, 11) is 0. The Morgan fingerprint density at radius 2 is 2.08 bits per heavy atom. The number of thiocarbonyl (C=S) groups is 1. The molecule has 0 unspecified atom stereocenters. The zero-order valence-corrected chi connectivity index (χ0v) is 15.1. The summed E-state index contributed by atoms with van der Waals surface area (Å²) in [6.45, 7) is 2.09. The highest BCUT2D eigenvalue weighted by Gasteiger charge is 2.33. The number of non-ortho nitro benzene ring substituents is 1. The highest BCUT2D eigenvalue weighted by atomic mass is 32.2. The molecule has 25 heavy (non-hydrogen) atoms. The Morgan fingerprint density at radius 1 is 1.40 bits per heavy atom. The number of nitrogens with zero attached hydrogens (tertiary/aromatic N) is 2. The Bertz CT molecular complexity index is 731. The average molecular weight is 380 g/mol. The maximum absolute atomic E-state index is 12.4. The quantitative estimate of drug-likeness (QED) is 0.179. The maximum atomic E-state index is 12.4. The lowest BCUT2D eigenvalue weighted by Gasteiger charge is -2.13. The predicted molar refractivity (Wildman–Crippen MR) is 98.8 cm³/mol. The van der Waals surface area contributed by atoms with Crippen LogP contribution < -0.4 is 0 Å². The minimum atomic E-state index is -0.499. The van der Waals surface area contributed by atoms with Crippen LogP contribution in [0.4, 0.5) is 5.69 Å². The number of nitro benzene ring substituents is 1. The number of rotatable bonds is 7. The van der Waals surface area contributed by atoms with Gasteiger partial charge in [-0.1, -0.05) is 37.3 Å². The van der Waals surface area contributed by atoms with Crippen LogP contribution >= 0.6 is 24.0 Å². The molecule has 0 spiro atoms. The minimum Gasteiger partial charge on any atom is -0.464 e. The number of hydrogen-bond donors (Lipinski definition) is 0. The molecule has 1 aromatic rings. The molecule has 9 heteroatoms. The summed E-state index contributed by atoms with van der Waals surface area (Å²) in [4.78, 5) is 35.9. The van der Waals surface area contributed by atoms with Crippen LogP contribution in [0.3, 0.4) is 0 Å². The van der Waals surface area contributed by atoms with Crippen LogP contribution in [0.5, 0.6) is 0 Å². The largest absolute Gasteiger partial charge is 0.464 e. The molecule has 0 saturated carbocycles. The summed E-state index contributed by atoms with van der Waals surface area (Å²) < 4.78 is 5.33. The van der Waals surface area contributed by atoms with Crippen molar-refractivity contribution in [2.75, 3.05) is 13.2 Å². The van der Waals surface area contributed by atoms with Crippen LogP contribution in [0.1, 0.15) is 25.3 Å². The summed E-state index contributed by atoms with van der Waals surface area (Å²) in [6, 6.07) is 5.81. The van der Waals surface area contributed by atoms with E-state index in [2.05, 4.69) is 0 Å². The molecular weight excluding hydrogens is 364 g/mol. The van der Waals surface area contributed by atoms with Gasteiger partial charge in [-0.15, -0.1) is 0 Å². The van der Waals surface area contributed by atoms with E-state index in [0.717, 1.165) is 24.6 Å². The highest BCUT2D eigenvalue weighted by molar-refractivity contribution is 8.26. The van der Waals surface area contributed by atoms with E-state index in [1.807, 2.05) is 6.92 Å². The van der Waals surface area contributed by atoms with E-state index >= 15 is 0 Å². The fourth-order valence-electron chi connectivity index (χ4n) is 1.99. The molecule has 1 aromatic carbocycles. The van der Waals surface area contributed by atoms with Crippen LogP contribution in [0, 0.1) is 10.1 Å². The summed E-state index contributed by atoms with van der Waals surface area (Å²) in [5.74, 6) is -0.873. The lowest BCUT2D eigenvalue weighted by molar-refractivity contribution is -0.384. The smallest absolute Gasteiger partial charge is 0.326 e. The highest BCUT2D eigenvalue weighted by Crippen LogP contribution is 2.32. The molecule has 1 aliphatic rings. The molecule has 0 atom stereocenters. The third kappa shape index (κ3) is 5.10. The van der Waals surface area contributed by atoms with Gasteiger partial charge in [-0.05, 0) is 30.2 Å². The molecular formula is C16H16N2O5S2. The van der Waals surface area contributed by atoms with Crippen LogP contribution in [0.15, 0.2) is 29.2 Å². The number of esters is 1. The van der Waals surface area contributed by atoms with E-state index < -0.39 is 10.9 Å². The molecule has 0 aliphatic carbocycles. The molecule has 1 amide bonds. The summed E-state index contributed by atoms with van der Waals surface area (Å²) in [5.41, 5.74) is 0.608. The summed E-state index contributed by atoms with van der Waals surface area (Å²) >= 11 is 6.23. The maximum Gasteiger partial charge on any atom is 0.326 e. The molecule has 132 valence electrons. The van der Waals surface area contributed by atoms with Crippen LogP contribution in [-0.4, -0.2) is 39.2 Å². The zero-order valence-electron chi connectivity index (χ0n) is 13.5. The molecule has 0 N–H and O–H groups in total. The topological polar surface area (TPSA) is 89.8 Å². The molecule has 0 bridgehead atoms. The third-order valence-corrected chi connectivity index (χ3v) is 4.70. The first-order valence-corrected chi connectivity index (χ1v) is 8.80. The van der Waals surface area contributed by atoms with Crippen LogP contribution in [-0.2, 0) is 14.3 Å². The van der Waals surface area contributed by atoms with Gasteiger partial charge in [0, 0.05) is 12.1 Å². The van der Waals surface area contributed by atoms with Gasteiger partial charge >= 0.3 is 5.97 Å². The molecule has 0 aromatic heterocycles. The lowest BCUT2D eigenvalue weighted by atomic mass is 10.2. The monoisotopic (exact) mass is 380 g/mol. The van der Waals surface area contributed by atoms with Crippen molar-refractivity contribution in [2.24, 2.45) is 0 Å². The van der Waals surface area contributed by atoms with E-state index in [4.69, 9.17) is 17.0 Å². The Kier molecular flexibility index (Phi) is 6.65. The predicted octanol–water partition coefficient (Wildman–Crippen LogP) is 3.14. The molecule has 1 fully saturated rings. The van der Waals surface area contributed by atoms with E-state index in [1.54, 1.807) is 18.2 Å². The number of nitro groups is 1. The number of carbonyl (C=O) groups excluding carboxylic acids is 2. The van der Waals surface area contributed by atoms with Crippen LogP contribution in [0.25, 0.3) is 6.08 Å². The molecule has 2 rings (SSSR count). The number of amides is 1. The summed E-state index contributed by atoms with van der Waals surface area (Å²) in [5, 5.41) is 10.7. The number of thioether (sulfide) groups is 1. The minimum absolute atomic E-state index is 0.0282. The number of unbranched alkanes of at least 4 members (excludes halogenated alkanes) is 1. The van der Waals surface area contributed by atoms with Gasteiger partial charge in [-0.2, -0.15) is 0 Å². The van der Waals surface area contributed by atoms with Crippen molar-refractivity contribution < 1.29 is 19.2 Å². The van der Waals surface area contributed by atoms with Crippen LogP contribution in [0.2, 0.25) is 0 Å². The fraction of sp³-hybridized carbons (Fsp3) is 0.312. The van der Waals surface area contributed by atoms with Crippen molar-refractivity contribution in [3.05, 3.63) is 44.8 Å². The van der Waals surface area contributed by atoms with Gasteiger partial charge in [0.05, 0.1) is 16.4 Å². The molecule has 1 saturated heterocycles. The summed E-state index contributed by atoms with van der Waals surface area (Å²) in [6.07, 6.45) is 3.27. The van der Waals surface area contributed by atoms with E-state index in [-0.39, 0.29) is 22.5 Å². The van der Waals surface area contributed by atoms with Crippen molar-refractivity contribution in [1.29, 1.82) is 0 Å². The van der Waals surface area contributed by atoms with Gasteiger partial charge < -0.3 is 4.74 Å². The first-order valence-electron chi connectivity index (χ1n) is 7.57. The van der Waals surface area contributed by atoms with Gasteiger partial charge in [-0.3, -0.25) is 24.6 Å².